The van der Waals surface area contributed by atoms with Gasteiger partial charge in [-0.1, -0.05) is 61.0 Å². The number of amides is 2. The molecule has 2 atom stereocenters. The smallest absolute Gasteiger partial charge is 0.343 e. The Hall–Kier alpha value is -5.57. The average molecular weight is 658 g/mol. The van der Waals surface area contributed by atoms with Crippen molar-refractivity contribution in [3.05, 3.63) is 130 Å². The fraction of sp³-hybridized carbons (Fsp3) is 0.275. The second-order valence-corrected chi connectivity index (χ2v) is 12.6. The van der Waals surface area contributed by atoms with Crippen molar-refractivity contribution in [2.24, 2.45) is 11.8 Å². The third-order valence-corrected chi connectivity index (χ3v) is 9.86. The fourth-order valence-electron chi connectivity index (χ4n) is 7.60. The predicted octanol–water partition coefficient (Wildman–Crippen LogP) is 6.09. The lowest BCUT2D eigenvalue weighted by atomic mass is 9.55. The van der Waals surface area contributed by atoms with Crippen molar-refractivity contribution >= 4 is 29.5 Å². The number of ether oxygens (including phenoxy) is 3. The minimum absolute atomic E-state index is 0.102. The highest BCUT2D eigenvalue weighted by molar-refractivity contribution is 6.07. The zero-order chi connectivity index (χ0) is 34.1. The Labute approximate surface area is 283 Å². The summed E-state index contributed by atoms with van der Waals surface area (Å²) in [7, 11) is 1.51. The van der Waals surface area contributed by atoms with E-state index < -0.39 is 18.5 Å². The van der Waals surface area contributed by atoms with Gasteiger partial charge in [0.1, 0.15) is 11.5 Å². The van der Waals surface area contributed by atoms with Gasteiger partial charge in [-0.15, -0.1) is 0 Å². The van der Waals surface area contributed by atoms with E-state index in [-0.39, 0.29) is 53.4 Å². The molecule has 49 heavy (non-hydrogen) atoms. The van der Waals surface area contributed by atoms with Crippen molar-refractivity contribution in [3.8, 4) is 11.5 Å². The highest BCUT2D eigenvalue weighted by Gasteiger charge is 2.61. The summed E-state index contributed by atoms with van der Waals surface area (Å²) in [6.45, 7) is -0.0936. The lowest BCUT2D eigenvalue weighted by Gasteiger charge is -2.45. The molecule has 9 heteroatoms. The SMILES string of the molecule is COc1cccc(C(=O)Oc2ccc(C(=O)COC(=O)CCCCCN3C(=O)[C@@H]4C5c6ccccc6C(c6ccccc65)[C@H]4C3=O)cc2)c1. The molecule has 248 valence electrons. The van der Waals surface area contributed by atoms with Crippen molar-refractivity contribution in [1.29, 1.82) is 0 Å². The molecule has 0 saturated carbocycles. The first-order chi connectivity index (χ1) is 23.9. The number of ketones is 1. The topological polar surface area (TPSA) is 116 Å². The van der Waals surface area contributed by atoms with Gasteiger partial charge < -0.3 is 14.2 Å². The lowest BCUT2D eigenvalue weighted by molar-refractivity contribution is -0.143. The zero-order valence-electron chi connectivity index (χ0n) is 27.0. The maximum atomic E-state index is 13.7. The largest absolute Gasteiger partial charge is 0.497 e. The number of carbonyl (C=O) groups excluding carboxylic acids is 5. The van der Waals surface area contributed by atoms with E-state index in [0.717, 1.165) is 22.3 Å². The standard InChI is InChI=1S/C40H35NO8/c1-47-27-11-9-10-25(22-27)40(46)49-26-19-17-24(18-20-26)32(42)23-48-33(43)16-3-2-8-21-41-38(44)36-34-28-12-4-5-13-29(28)35(37(36)39(41)45)31-15-7-6-14-30(31)34/h4-7,9-15,17-20,22,34-37H,2-3,8,16,21,23H2,1H3/t34?,35?,36-,37-/m1/s1. The van der Waals surface area contributed by atoms with Gasteiger partial charge in [0.15, 0.2) is 12.4 Å². The van der Waals surface area contributed by atoms with E-state index in [1.165, 1.54) is 36.3 Å². The van der Waals surface area contributed by atoms with Gasteiger partial charge in [0, 0.05) is 30.4 Å². The quantitative estimate of drug-likeness (QED) is 0.0591. The first-order valence-corrected chi connectivity index (χ1v) is 16.5. The van der Waals surface area contributed by atoms with E-state index in [4.69, 9.17) is 14.2 Å². The van der Waals surface area contributed by atoms with Gasteiger partial charge in [0.05, 0.1) is 24.5 Å². The molecule has 4 aromatic rings. The second-order valence-electron chi connectivity index (χ2n) is 12.6. The Morgan fingerprint density at radius 1 is 0.653 bits per heavy atom. The third kappa shape index (κ3) is 6.01. The Balaban J connectivity index is 0.857. The Morgan fingerprint density at radius 3 is 1.82 bits per heavy atom. The summed E-state index contributed by atoms with van der Waals surface area (Å²) in [5, 5.41) is 0. The summed E-state index contributed by atoms with van der Waals surface area (Å²) in [5.74, 6) is -1.88. The van der Waals surface area contributed by atoms with Crippen LogP contribution in [0.2, 0.25) is 0 Å². The molecule has 4 aliphatic rings. The molecule has 1 saturated heterocycles. The van der Waals surface area contributed by atoms with Crippen molar-refractivity contribution in [1.82, 2.24) is 4.90 Å². The van der Waals surface area contributed by atoms with Crippen LogP contribution in [0.15, 0.2) is 97.1 Å². The van der Waals surface area contributed by atoms with Crippen LogP contribution in [-0.2, 0) is 19.1 Å². The summed E-state index contributed by atoms with van der Waals surface area (Å²) in [4.78, 5) is 66.3. The van der Waals surface area contributed by atoms with Gasteiger partial charge in [0.25, 0.3) is 0 Å². The number of hydrogen-bond donors (Lipinski definition) is 0. The second kappa shape index (κ2) is 13.5. The molecule has 1 heterocycles. The molecule has 0 radical (unpaired) electrons. The summed E-state index contributed by atoms with van der Waals surface area (Å²) in [6, 6.07) is 28.9. The molecule has 3 aliphatic carbocycles. The van der Waals surface area contributed by atoms with Gasteiger partial charge in [-0.25, -0.2) is 4.79 Å². The Bertz CT molecular complexity index is 1830. The van der Waals surface area contributed by atoms with Crippen molar-refractivity contribution < 1.29 is 38.2 Å². The minimum Gasteiger partial charge on any atom is -0.497 e. The number of hydrogen-bond acceptors (Lipinski definition) is 8. The van der Waals surface area contributed by atoms with E-state index in [0.29, 0.717) is 42.7 Å². The van der Waals surface area contributed by atoms with E-state index in [9.17, 15) is 24.0 Å². The van der Waals surface area contributed by atoms with Crippen LogP contribution in [-0.4, -0.2) is 54.7 Å². The number of Topliss-reactive ketones (excluding diaryl/α,β-unsaturated/α-hetero) is 1. The number of rotatable bonds is 12. The predicted molar refractivity (Wildman–Crippen MR) is 178 cm³/mol. The van der Waals surface area contributed by atoms with Crippen LogP contribution in [0, 0.1) is 11.8 Å². The number of likely N-dealkylation sites (tertiary alicyclic amines) is 1. The molecule has 1 fully saturated rings. The normalized spacial score (nSPS) is 19.9. The van der Waals surface area contributed by atoms with Crippen molar-refractivity contribution in [2.45, 2.75) is 37.5 Å². The highest BCUT2D eigenvalue weighted by atomic mass is 16.5. The maximum absolute atomic E-state index is 13.7. The van der Waals surface area contributed by atoms with E-state index in [1.807, 2.05) is 24.3 Å². The number of unbranched alkanes of at least 4 members (excludes halogenated alkanes) is 2. The molecule has 0 unspecified atom stereocenters. The van der Waals surface area contributed by atoms with Crippen LogP contribution in [0.3, 0.4) is 0 Å². The number of methoxy groups -OCH3 is 1. The molecule has 2 bridgehead atoms. The lowest BCUT2D eigenvalue weighted by Crippen LogP contribution is -2.41. The molecular formula is C40H35NO8. The van der Waals surface area contributed by atoms with Crippen LogP contribution >= 0.6 is 0 Å². The minimum atomic E-state index is -0.563. The van der Waals surface area contributed by atoms with Gasteiger partial charge in [-0.2, -0.15) is 0 Å². The number of carbonyl (C=O) groups is 5. The van der Waals surface area contributed by atoms with Crippen LogP contribution in [0.5, 0.6) is 11.5 Å². The molecule has 8 rings (SSSR count). The van der Waals surface area contributed by atoms with Crippen LogP contribution in [0.25, 0.3) is 0 Å². The average Bonchev–Trinajstić information content (AvgIpc) is 3.39. The Morgan fingerprint density at radius 2 is 1.24 bits per heavy atom. The first kappa shape index (κ1) is 32.0. The van der Waals surface area contributed by atoms with Crippen LogP contribution < -0.4 is 9.47 Å². The summed E-state index contributed by atoms with van der Waals surface area (Å²) >= 11 is 0. The number of benzene rings is 4. The van der Waals surface area contributed by atoms with Crippen molar-refractivity contribution in [3.63, 3.8) is 0 Å². The zero-order valence-corrected chi connectivity index (χ0v) is 27.0. The van der Waals surface area contributed by atoms with Crippen molar-refractivity contribution in [2.75, 3.05) is 20.3 Å². The van der Waals surface area contributed by atoms with E-state index in [1.54, 1.807) is 24.3 Å². The maximum Gasteiger partial charge on any atom is 0.343 e. The highest BCUT2D eigenvalue weighted by Crippen LogP contribution is 2.60. The summed E-state index contributed by atoms with van der Waals surface area (Å²) in [6.07, 6.45) is 1.83. The van der Waals surface area contributed by atoms with Crippen LogP contribution in [0.4, 0.5) is 0 Å². The molecule has 0 aromatic heterocycles. The molecule has 0 N–H and O–H groups in total. The Kier molecular flexibility index (Phi) is 8.82. The number of nitrogens with zero attached hydrogens (tertiary/aromatic N) is 1. The molecule has 1 aliphatic heterocycles. The molecular weight excluding hydrogens is 622 g/mol. The molecule has 2 amide bonds. The number of esters is 2. The number of imide groups is 1. The molecule has 0 spiro atoms. The molecule has 9 nitrogen and oxygen atoms in total. The monoisotopic (exact) mass is 657 g/mol. The fourth-order valence-corrected chi connectivity index (χ4v) is 7.60. The van der Waals surface area contributed by atoms with E-state index >= 15 is 0 Å². The first-order valence-electron chi connectivity index (χ1n) is 16.5. The molecule has 4 aromatic carbocycles. The van der Waals surface area contributed by atoms with Gasteiger partial charge >= 0.3 is 11.9 Å². The van der Waals surface area contributed by atoms with Gasteiger partial charge in [-0.05, 0) is 77.6 Å². The summed E-state index contributed by atoms with van der Waals surface area (Å²) < 4.78 is 15.7. The van der Waals surface area contributed by atoms with Crippen LogP contribution in [0.1, 0.15) is 80.5 Å². The van der Waals surface area contributed by atoms with Gasteiger partial charge in [0.2, 0.25) is 11.8 Å². The third-order valence-electron chi connectivity index (χ3n) is 9.86. The van der Waals surface area contributed by atoms with Gasteiger partial charge in [-0.3, -0.25) is 24.1 Å². The summed E-state index contributed by atoms with van der Waals surface area (Å²) in [5.41, 5.74) is 5.23. The van der Waals surface area contributed by atoms with E-state index in [2.05, 4.69) is 24.3 Å².